The Kier molecular flexibility index (Phi) is 3.95. The lowest BCUT2D eigenvalue weighted by Crippen LogP contribution is -2.00. The third kappa shape index (κ3) is 3.16. The second kappa shape index (κ2) is 5.46. The number of aliphatic hydroxyl groups excluding tert-OH is 1. The van der Waals surface area contributed by atoms with Crippen molar-refractivity contribution in [2.45, 2.75) is 12.5 Å². The summed E-state index contributed by atoms with van der Waals surface area (Å²) in [6, 6.07) is 11.1. The monoisotopic (exact) mass is 307 g/mol. The predicted octanol–water partition coefficient (Wildman–Crippen LogP) is 3.66. The smallest absolute Gasteiger partial charge is 0.0991 e. The van der Waals surface area contributed by atoms with E-state index in [1.807, 2.05) is 11.4 Å². The zero-order valence-electron chi connectivity index (χ0n) is 8.93. The third-order valence-corrected chi connectivity index (χ3v) is 4.16. The average Bonchev–Trinajstić information content (AvgIpc) is 2.75. The largest absolute Gasteiger partial charge is 0.388 e. The zero-order chi connectivity index (χ0) is 12.3. The molecule has 1 aromatic carbocycles. The minimum atomic E-state index is -0.520. The van der Waals surface area contributed by atoms with Crippen LogP contribution in [-0.4, -0.2) is 5.11 Å². The summed E-state index contributed by atoms with van der Waals surface area (Å²) in [6.45, 7) is 0. The highest BCUT2D eigenvalue weighted by Gasteiger charge is 2.10. The van der Waals surface area contributed by atoms with Crippen LogP contribution in [0.2, 0.25) is 0 Å². The highest BCUT2D eigenvalue weighted by Crippen LogP contribution is 2.25. The summed E-state index contributed by atoms with van der Waals surface area (Å²) in [6.07, 6.45) is 0.0793. The number of nitrogens with zero attached hydrogens (tertiary/aromatic N) is 1. The minimum Gasteiger partial charge on any atom is -0.388 e. The molecular formula is C13H10BrNOS. The zero-order valence-corrected chi connectivity index (χ0v) is 11.3. The molecule has 0 aliphatic rings. The van der Waals surface area contributed by atoms with Crippen LogP contribution in [0.25, 0.3) is 0 Å². The highest BCUT2D eigenvalue weighted by molar-refractivity contribution is 9.10. The number of hydrogen-bond acceptors (Lipinski definition) is 3. The van der Waals surface area contributed by atoms with Gasteiger partial charge >= 0.3 is 0 Å². The molecule has 17 heavy (non-hydrogen) atoms. The van der Waals surface area contributed by atoms with Gasteiger partial charge in [-0.15, -0.1) is 11.3 Å². The quantitative estimate of drug-likeness (QED) is 0.940. The number of nitriles is 1. The Hall–Kier alpha value is -1.15. The summed E-state index contributed by atoms with van der Waals surface area (Å²) in [4.78, 5) is 1.13. The van der Waals surface area contributed by atoms with E-state index in [0.29, 0.717) is 12.0 Å². The van der Waals surface area contributed by atoms with Crippen LogP contribution >= 0.6 is 27.3 Å². The number of rotatable bonds is 3. The SMILES string of the molecule is N#Cc1ccc(C(O)Cc2cc(Br)cs2)cc1. The first-order chi connectivity index (χ1) is 8.19. The molecule has 2 nitrogen and oxygen atoms in total. The van der Waals surface area contributed by atoms with Crippen LogP contribution in [0, 0.1) is 11.3 Å². The van der Waals surface area contributed by atoms with Gasteiger partial charge in [0.15, 0.2) is 0 Å². The Balaban J connectivity index is 2.09. The van der Waals surface area contributed by atoms with Crippen molar-refractivity contribution in [2.24, 2.45) is 0 Å². The molecule has 0 aliphatic carbocycles. The summed E-state index contributed by atoms with van der Waals surface area (Å²) in [5.74, 6) is 0. The molecule has 0 fully saturated rings. The van der Waals surface area contributed by atoms with Crippen LogP contribution in [0.5, 0.6) is 0 Å². The fraction of sp³-hybridized carbons (Fsp3) is 0.154. The Morgan fingerprint density at radius 3 is 2.59 bits per heavy atom. The number of aliphatic hydroxyl groups is 1. The van der Waals surface area contributed by atoms with Crippen LogP contribution in [0.15, 0.2) is 40.2 Å². The summed E-state index contributed by atoms with van der Waals surface area (Å²) < 4.78 is 1.05. The van der Waals surface area contributed by atoms with Crippen molar-refractivity contribution < 1.29 is 5.11 Å². The first-order valence-electron chi connectivity index (χ1n) is 5.10. The van der Waals surface area contributed by atoms with Crippen molar-refractivity contribution in [3.05, 3.63) is 56.2 Å². The van der Waals surface area contributed by atoms with Gasteiger partial charge in [-0.25, -0.2) is 0 Å². The van der Waals surface area contributed by atoms with E-state index in [0.717, 1.165) is 14.9 Å². The Morgan fingerprint density at radius 2 is 2.06 bits per heavy atom. The van der Waals surface area contributed by atoms with Gasteiger partial charge in [0, 0.05) is 21.2 Å². The second-order valence-electron chi connectivity index (χ2n) is 3.68. The molecule has 0 aliphatic heterocycles. The average molecular weight is 308 g/mol. The van der Waals surface area contributed by atoms with Gasteiger partial charge < -0.3 is 5.11 Å². The van der Waals surface area contributed by atoms with E-state index >= 15 is 0 Å². The highest BCUT2D eigenvalue weighted by atomic mass is 79.9. The lowest BCUT2D eigenvalue weighted by Gasteiger charge is -2.09. The maximum Gasteiger partial charge on any atom is 0.0991 e. The van der Waals surface area contributed by atoms with E-state index in [-0.39, 0.29) is 0 Å². The summed E-state index contributed by atoms with van der Waals surface area (Å²) in [5.41, 5.74) is 1.45. The normalized spacial score (nSPS) is 12.1. The maximum atomic E-state index is 10.1. The van der Waals surface area contributed by atoms with E-state index in [2.05, 4.69) is 22.0 Å². The number of halogens is 1. The molecule has 2 rings (SSSR count). The molecule has 0 bridgehead atoms. The van der Waals surface area contributed by atoms with Crippen molar-refractivity contribution in [3.8, 4) is 6.07 Å². The van der Waals surface area contributed by atoms with Gasteiger partial charge in [-0.3, -0.25) is 0 Å². The van der Waals surface area contributed by atoms with E-state index in [1.54, 1.807) is 35.6 Å². The van der Waals surface area contributed by atoms with Gasteiger partial charge in [-0.1, -0.05) is 12.1 Å². The lowest BCUT2D eigenvalue weighted by atomic mass is 10.0. The van der Waals surface area contributed by atoms with Gasteiger partial charge in [0.1, 0.15) is 0 Å². The fourth-order valence-electron chi connectivity index (χ4n) is 1.55. The molecule has 0 amide bonds. The fourth-order valence-corrected chi connectivity index (χ4v) is 3.04. The van der Waals surface area contributed by atoms with E-state index in [9.17, 15) is 5.11 Å². The van der Waals surface area contributed by atoms with Crippen molar-refractivity contribution in [1.82, 2.24) is 0 Å². The van der Waals surface area contributed by atoms with Crippen molar-refractivity contribution in [1.29, 1.82) is 5.26 Å². The topological polar surface area (TPSA) is 44.0 Å². The number of benzene rings is 1. The summed E-state index contributed by atoms with van der Waals surface area (Å²) in [7, 11) is 0. The molecule has 0 radical (unpaired) electrons. The molecule has 1 unspecified atom stereocenters. The predicted molar refractivity (Wildman–Crippen MR) is 71.8 cm³/mol. The van der Waals surface area contributed by atoms with E-state index < -0.39 is 6.10 Å². The van der Waals surface area contributed by atoms with Gasteiger partial charge in [0.25, 0.3) is 0 Å². The van der Waals surface area contributed by atoms with Crippen LogP contribution in [-0.2, 0) is 6.42 Å². The molecule has 4 heteroatoms. The van der Waals surface area contributed by atoms with Gasteiger partial charge in [-0.2, -0.15) is 5.26 Å². The molecule has 1 heterocycles. The van der Waals surface area contributed by atoms with E-state index in [1.165, 1.54) is 0 Å². The Bertz CT molecular complexity index is 541. The second-order valence-corrected chi connectivity index (χ2v) is 5.60. The van der Waals surface area contributed by atoms with Crippen molar-refractivity contribution in [2.75, 3.05) is 0 Å². The number of hydrogen-bond donors (Lipinski definition) is 1. The van der Waals surface area contributed by atoms with Crippen LogP contribution in [0.3, 0.4) is 0 Å². The van der Waals surface area contributed by atoms with E-state index in [4.69, 9.17) is 5.26 Å². The van der Waals surface area contributed by atoms with Gasteiger partial charge in [0.05, 0.1) is 17.7 Å². The summed E-state index contributed by atoms with van der Waals surface area (Å²) in [5, 5.41) is 20.7. The van der Waals surface area contributed by atoms with Crippen LogP contribution in [0.4, 0.5) is 0 Å². The number of thiophene rings is 1. The lowest BCUT2D eigenvalue weighted by molar-refractivity contribution is 0.179. The first kappa shape index (κ1) is 12.3. The molecule has 1 atom stereocenters. The third-order valence-electron chi connectivity index (χ3n) is 2.44. The summed E-state index contributed by atoms with van der Waals surface area (Å²) >= 11 is 5.01. The molecule has 0 spiro atoms. The molecule has 1 aromatic heterocycles. The maximum absolute atomic E-state index is 10.1. The molecule has 0 saturated heterocycles. The molecule has 2 aromatic rings. The van der Waals surface area contributed by atoms with Crippen LogP contribution < -0.4 is 0 Å². The van der Waals surface area contributed by atoms with Crippen molar-refractivity contribution in [3.63, 3.8) is 0 Å². The first-order valence-corrected chi connectivity index (χ1v) is 6.77. The van der Waals surface area contributed by atoms with Crippen LogP contribution in [0.1, 0.15) is 22.1 Å². The molecule has 86 valence electrons. The van der Waals surface area contributed by atoms with Crippen molar-refractivity contribution >= 4 is 27.3 Å². The van der Waals surface area contributed by atoms with Gasteiger partial charge in [0.2, 0.25) is 0 Å². The molecule has 0 saturated carbocycles. The van der Waals surface area contributed by atoms with Gasteiger partial charge in [-0.05, 0) is 39.7 Å². The Morgan fingerprint density at radius 1 is 1.35 bits per heavy atom. The standard InChI is InChI=1S/C13H10BrNOS/c14-11-5-12(17-8-11)6-13(16)10-3-1-9(7-15)2-4-10/h1-5,8,13,16H,6H2. The molecular weight excluding hydrogens is 298 g/mol. The Labute approximate surface area is 112 Å². The molecule has 1 N–H and O–H groups in total. The minimum absolute atomic E-state index is 0.520.